The highest BCUT2D eigenvalue weighted by molar-refractivity contribution is 5.47. The smallest absolute Gasteiger partial charge is 0.0205 e. The largest absolute Gasteiger partial charge is 0.313 e. The van der Waals surface area contributed by atoms with Crippen molar-refractivity contribution in [2.75, 3.05) is 13.1 Å². The molecule has 2 aromatic rings. The van der Waals surface area contributed by atoms with Gasteiger partial charge in [0.1, 0.15) is 0 Å². The van der Waals surface area contributed by atoms with Crippen molar-refractivity contribution in [2.45, 2.75) is 51.6 Å². The van der Waals surface area contributed by atoms with E-state index in [2.05, 4.69) is 72.3 Å². The number of nitrogens with one attached hydrogen (secondary N) is 2. The van der Waals surface area contributed by atoms with Gasteiger partial charge in [-0.3, -0.25) is 0 Å². The predicted molar refractivity (Wildman–Crippen MR) is 124 cm³/mol. The SMILES string of the molecule is C=Cc1ccc(CNCCCCCCCCNCc2ccc(C=C)cc2)cc1. The lowest BCUT2D eigenvalue weighted by molar-refractivity contribution is 0.549. The maximum atomic E-state index is 3.79. The molecule has 0 heterocycles. The van der Waals surface area contributed by atoms with Crippen molar-refractivity contribution in [3.8, 4) is 0 Å². The zero-order valence-electron chi connectivity index (χ0n) is 17.3. The predicted octanol–water partition coefficient (Wildman–Crippen LogP) is 6.19. The zero-order chi connectivity index (χ0) is 19.9. The van der Waals surface area contributed by atoms with Crippen LogP contribution in [0.25, 0.3) is 12.2 Å². The summed E-state index contributed by atoms with van der Waals surface area (Å²) in [7, 11) is 0. The highest BCUT2D eigenvalue weighted by atomic mass is 14.8. The van der Waals surface area contributed by atoms with Gasteiger partial charge in [0.15, 0.2) is 0 Å². The summed E-state index contributed by atoms with van der Waals surface area (Å²) in [5.41, 5.74) is 5.05. The molecule has 0 atom stereocenters. The summed E-state index contributed by atoms with van der Waals surface area (Å²) in [6.07, 6.45) is 11.6. The second-order valence-electron chi connectivity index (χ2n) is 7.37. The van der Waals surface area contributed by atoms with Crippen molar-refractivity contribution in [2.24, 2.45) is 0 Å². The van der Waals surface area contributed by atoms with Crippen molar-refractivity contribution in [3.05, 3.63) is 83.9 Å². The van der Waals surface area contributed by atoms with Crippen LogP contribution in [-0.4, -0.2) is 13.1 Å². The van der Waals surface area contributed by atoms with Crippen LogP contribution in [0.15, 0.2) is 61.7 Å². The molecule has 0 aliphatic carbocycles. The molecule has 0 radical (unpaired) electrons. The molecule has 0 aromatic heterocycles. The lowest BCUT2D eigenvalue weighted by Crippen LogP contribution is -2.15. The molecule has 0 spiro atoms. The molecule has 28 heavy (non-hydrogen) atoms. The maximum Gasteiger partial charge on any atom is 0.0205 e. The Labute approximate surface area is 171 Å². The zero-order valence-corrected chi connectivity index (χ0v) is 17.3. The van der Waals surface area contributed by atoms with Gasteiger partial charge >= 0.3 is 0 Å². The molecule has 2 N–H and O–H groups in total. The minimum atomic E-state index is 0.958. The summed E-state index contributed by atoms with van der Waals surface area (Å²) < 4.78 is 0. The number of benzene rings is 2. The van der Waals surface area contributed by atoms with Crippen LogP contribution in [-0.2, 0) is 13.1 Å². The third-order valence-electron chi connectivity index (χ3n) is 5.05. The average Bonchev–Trinajstić information content (AvgIpc) is 2.75. The van der Waals surface area contributed by atoms with Gasteiger partial charge in [-0.1, -0.05) is 99.5 Å². The highest BCUT2D eigenvalue weighted by Gasteiger charge is 1.96. The quantitative estimate of drug-likeness (QED) is 0.362. The highest BCUT2D eigenvalue weighted by Crippen LogP contribution is 2.08. The number of hydrogen-bond acceptors (Lipinski definition) is 2. The minimum absolute atomic E-state index is 0.958. The first-order chi connectivity index (χ1) is 13.8. The fourth-order valence-corrected chi connectivity index (χ4v) is 3.22. The van der Waals surface area contributed by atoms with E-state index in [1.165, 1.54) is 60.8 Å². The molecule has 0 fully saturated rings. The van der Waals surface area contributed by atoms with E-state index in [1.807, 2.05) is 12.2 Å². The molecule has 2 aromatic carbocycles. The number of unbranched alkanes of at least 4 members (excludes halogenated alkanes) is 5. The molecule has 0 aliphatic rings. The van der Waals surface area contributed by atoms with Crippen LogP contribution in [0.3, 0.4) is 0 Å². The summed E-state index contributed by atoms with van der Waals surface area (Å²) in [4.78, 5) is 0. The van der Waals surface area contributed by atoms with Gasteiger partial charge in [-0.2, -0.15) is 0 Å². The van der Waals surface area contributed by atoms with E-state index in [9.17, 15) is 0 Å². The van der Waals surface area contributed by atoms with E-state index in [1.54, 1.807) is 0 Å². The molecule has 0 unspecified atom stereocenters. The molecule has 2 nitrogen and oxygen atoms in total. The number of hydrogen-bond donors (Lipinski definition) is 2. The van der Waals surface area contributed by atoms with Crippen LogP contribution in [0, 0.1) is 0 Å². The van der Waals surface area contributed by atoms with E-state index in [0.29, 0.717) is 0 Å². The summed E-state index contributed by atoms with van der Waals surface area (Å²) >= 11 is 0. The van der Waals surface area contributed by atoms with Gasteiger partial charge in [0.2, 0.25) is 0 Å². The molecule has 0 saturated carbocycles. The molecule has 0 bridgehead atoms. The third-order valence-corrected chi connectivity index (χ3v) is 5.05. The van der Waals surface area contributed by atoms with Gasteiger partial charge in [0.05, 0.1) is 0 Å². The summed E-state index contributed by atoms with van der Waals surface area (Å²) in [6.45, 7) is 11.7. The van der Waals surface area contributed by atoms with Crippen LogP contribution in [0.1, 0.15) is 60.8 Å². The first-order valence-electron chi connectivity index (χ1n) is 10.7. The molecular weight excluding hydrogens is 340 g/mol. The van der Waals surface area contributed by atoms with Crippen LogP contribution >= 0.6 is 0 Å². The normalized spacial score (nSPS) is 10.7. The Bertz CT molecular complexity index is 609. The van der Waals surface area contributed by atoms with Gasteiger partial charge in [-0.15, -0.1) is 0 Å². The lowest BCUT2D eigenvalue weighted by Gasteiger charge is -2.07. The average molecular weight is 377 g/mol. The van der Waals surface area contributed by atoms with E-state index < -0.39 is 0 Å². The van der Waals surface area contributed by atoms with E-state index >= 15 is 0 Å². The monoisotopic (exact) mass is 376 g/mol. The first-order valence-corrected chi connectivity index (χ1v) is 10.7. The summed E-state index contributed by atoms with van der Waals surface area (Å²) in [6, 6.07) is 17.2. The summed E-state index contributed by atoms with van der Waals surface area (Å²) in [5.74, 6) is 0. The topological polar surface area (TPSA) is 24.1 Å². The van der Waals surface area contributed by atoms with Crippen molar-refractivity contribution in [3.63, 3.8) is 0 Å². The van der Waals surface area contributed by atoms with Crippen LogP contribution in [0.2, 0.25) is 0 Å². The second kappa shape index (κ2) is 13.9. The van der Waals surface area contributed by atoms with Gasteiger partial charge in [-0.25, -0.2) is 0 Å². The van der Waals surface area contributed by atoms with Crippen molar-refractivity contribution in [1.29, 1.82) is 0 Å². The number of rotatable bonds is 15. The molecule has 150 valence electrons. The Hall–Kier alpha value is -2.16. The van der Waals surface area contributed by atoms with Gasteiger partial charge < -0.3 is 10.6 Å². The van der Waals surface area contributed by atoms with Crippen LogP contribution in [0.4, 0.5) is 0 Å². The Morgan fingerprint density at radius 3 is 1.25 bits per heavy atom. The second-order valence-corrected chi connectivity index (χ2v) is 7.37. The Balaban J connectivity index is 1.37. The molecule has 2 rings (SSSR count). The third kappa shape index (κ3) is 9.16. The van der Waals surface area contributed by atoms with Crippen LogP contribution < -0.4 is 10.6 Å². The van der Waals surface area contributed by atoms with Gasteiger partial charge in [0.25, 0.3) is 0 Å². The van der Waals surface area contributed by atoms with Crippen LogP contribution in [0.5, 0.6) is 0 Å². The Kier molecular flexibility index (Phi) is 11.0. The summed E-state index contributed by atoms with van der Waals surface area (Å²) in [5, 5.41) is 7.08. The Morgan fingerprint density at radius 2 is 0.893 bits per heavy atom. The molecule has 0 saturated heterocycles. The Morgan fingerprint density at radius 1 is 0.536 bits per heavy atom. The van der Waals surface area contributed by atoms with E-state index in [0.717, 1.165) is 26.2 Å². The van der Waals surface area contributed by atoms with Crippen molar-refractivity contribution < 1.29 is 0 Å². The first kappa shape index (κ1) is 22.1. The molecule has 0 amide bonds. The standard InChI is InChI=1S/C26H36N2/c1-3-23-11-15-25(16-12-23)21-27-19-9-7-5-6-8-10-20-28-22-26-17-13-24(4-2)14-18-26/h3-4,11-18,27-28H,1-2,5-10,19-22H2. The van der Waals surface area contributed by atoms with E-state index in [-0.39, 0.29) is 0 Å². The lowest BCUT2D eigenvalue weighted by atomic mass is 10.1. The van der Waals surface area contributed by atoms with Gasteiger partial charge in [-0.05, 0) is 48.2 Å². The molecule has 0 aliphatic heterocycles. The minimum Gasteiger partial charge on any atom is -0.313 e. The van der Waals surface area contributed by atoms with E-state index in [4.69, 9.17) is 0 Å². The van der Waals surface area contributed by atoms with Gasteiger partial charge in [0, 0.05) is 13.1 Å². The fourth-order valence-electron chi connectivity index (χ4n) is 3.22. The maximum absolute atomic E-state index is 3.79. The van der Waals surface area contributed by atoms with Crippen molar-refractivity contribution >= 4 is 12.2 Å². The van der Waals surface area contributed by atoms with Crippen molar-refractivity contribution in [1.82, 2.24) is 10.6 Å². The fraction of sp³-hybridized carbons (Fsp3) is 0.385. The molecular formula is C26H36N2. The molecule has 2 heteroatoms.